The number of aliphatic carboxylic acids is 1. The van der Waals surface area contributed by atoms with Gasteiger partial charge in [0.25, 0.3) is 0 Å². The monoisotopic (exact) mass is 239 g/mol. The van der Waals surface area contributed by atoms with Crippen molar-refractivity contribution < 1.29 is 19.6 Å². The van der Waals surface area contributed by atoms with Crippen LogP contribution in [0.4, 0.5) is 5.82 Å². The van der Waals surface area contributed by atoms with Crippen molar-refractivity contribution in [3.05, 3.63) is 34.0 Å². The van der Waals surface area contributed by atoms with Gasteiger partial charge in [-0.3, -0.25) is 0 Å². The predicted molar refractivity (Wildman–Crippen MR) is 55.1 cm³/mol. The van der Waals surface area contributed by atoms with E-state index in [0.717, 1.165) is 6.07 Å². The largest absolute Gasteiger partial charge is 0.549 e. The number of nitro groups is 1. The Morgan fingerprint density at radius 1 is 1.59 bits per heavy atom. The first-order valence-corrected chi connectivity index (χ1v) is 4.86. The average Bonchev–Trinajstić information content (AvgIpc) is 2.29. The molecule has 0 N–H and O–H groups in total. The van der Waals surface area contributed by atoms with E-state index >= 15 is 0 Å². The maximum atomic E-state index is 10.9. The normalized spacial score (nSPS) is 12.1. The topological polar surface area (TPSA) is 105 Å². The van der Waals surface area contributed by atoms with Crippen LogP contribution in [0.3, 0.4) is 0 Å². The number of carboxylic acid groups (broad SMARTS) is 1. The third kappa shape index (κ3) is 3.49. The summed E-state index contributed by atoms with van der Waals surface area (Å²) in [5.74, 6) is -2.45. The summed E-state index contributed by atoms with van der Waals surface area (Å²) in [6, 6.07) is 2.53. The van der Waals surface area contributed by atoms with E-state index in [1.54, 1.807) is 0 Å². The number of methoxy groups -OCH3 is 1. The molecule has 7 heteroatoms. The van der Waals surface area contributed by atoms with Crippen molar-refractivity contribution in [3.8, 4) is 0 Å². The van der Waals surface area contributed by atoms with Crippen molar-refractivity contribution >= 4 is 11.8 Å². The zero-order valence-electron chi connectivity index (χ0n) is 9.16. The van der Waals surface area contributed by atoms with E-state index in [9.17, 15) is 20.0 Å². The Labute approximate surface area is 97.2 Å². The van der Waals surface area contributed by atoms with Gasteiger partial charge in [0, 0.05) is 37.2 Å². The smallest absolute Gasteiger partial charge is 0.363 e. The minimum atomic E-state index is -1.25. The number of aromatic nitrogens is 1. The zero-order valence-corrected chi connectivity index (χ0v) is 9.16. The molecule has 1 aromatic heterocycles. The number of nitrogens with zero attached hydrogens (tertiary/aromatic N) is 2. The Bertz CT molecular complexity index is 404. The molecule has 1 heterocycles. The maximum absolute atomic E-state index is 10.9. The molecule has 1 aromatic rings. The first-order valence-electron chi connectivity index (χ1n) is 4.86. The summed E-state index contributed by atoms with van der Waals surface area (Å²) >= 11 is 0. The molecule has 0 fully saturated rings. The Morgan fingerprint density at radius 3 is 2.71 bits per heavy atom. The molecule has 0 spiro atoms. The Kier molecular flexibility index (Phi) is 4.53. The van der Waals surface area contributed by atoms with Crippen LogP contribution in [-0.4, -0.2) is 29.6 Å². The second-order valence-corrected chi connectivity index (χ2v) is 3.36. The lowest BCUT2D eigenvalue weighted by Gasteiger charge is -2.16. The van der Waals surface area contributed by atoms with Crippen LogP contribution in [-0.2, 0) is 9.53 Å². The molecule has 0 amide bonds. The van der Waals surface area contributed by atoms with Gasteiger partial charge >= 0.3 is 5.82 Å². The summed E-state index contributed by atoms with van der Waals surface area (Å²) in [7, 11) is 1.46. The number of hydrogen-bond acceptors (Lipinski definition) is 6. The highest BCUT2D eigenvalue weighted by molar-refractivity contribution is 5.73. The van der Waals surface area contributed by atoms with Crippen molar-refractivity contribution in [2.75, 3.05) is 13.7 Å². The molecular weight excluding hydrogens is 228 g/mol. The van der Waals surface area contributed by atoms with Crippen molar-refractivity contribution in [2.24, 2.45) is 0 Å². The third-order valence-electron chi connectivity index (χ3n) is 2.26. The minimum absolute atomic E-state index is 0.234. The van der Waals surface area contributed by atoms with Crippen molar-refractivity contribution in [2.45, 2.75) is 12.3 Å². The molecule has 1 unspecified atom stereocenters. The van der Waals surface area contributed by atoms with Gasteiger partial charge in [-0.2, -0.15) is 0 Å². The molecule has 1 rings (SSSR count). The fourth-order valence-electron chi connectivity index (χ4n) is 1.37. The van der Waals surface area contributed by atoms with E-state index in [1.165, 1.54) is 19.4 Å². The first-order chi connectivity index (χ1) is 8.06. The van der Waals surface area contributed by atoms with E-state index < -0.39 is 16.8 Å². The molecule has 0 aromatic carbocycles. The average molecular weight is 239 g/mol. The molecule has 0 aliphatic carbocycles. The van der Waals surface area contributed by atoms with Crippen LogP contribution in [0.25, 0.3) is 0 Å². The molecule has 92 valence electrons. The number of carbonyl (C=O) groups excluding carboxylic acids is 1. The maximum Gasteiger partial charge on any atom is 0.363 e. The summed E-state index contributed by atoms with van der Waals surface area (Å²) in [6.45, 7) is 0.260. The lowest BCUT2D eigenvalue weighted by Crippen LogP contribution is -2.30. The standard InChI is InChI=1S/C10H12N2O5/c1-17-5-4-8(10(13)14)7-2-3-9(11-6-7)12(15)16/h2-3,6,8H,4-5H2,1H3,(H,13,14)/p-1. The molecule has 0 aliphatic heterocycles. The van der Waals surface area contributed by atoms with Gasteiger partial charge in [-0.15, -0.1) is 0 Å². The van der Waals surface area contributed by atoms with Gasteiger partial charge in [-0.05, 0) is 22.4 Å². The second-order valence-electron chi connectivity index (χ2n) is 3.36. The first kappa shape index (κ1) is 13.0. The number of ether oxygens (including phenoxy) is 1. The Balaban J connectivity index is 2.87. The highest BCUT2D eigenvalue weighted by Crippen LogP contribution is 2.20. The fourth-order valence-corrected chi connectivity index (χ4v) is 1.37. The SMILES string of the molecule is COCCC(C(=O)[O-])c1ccc([N+](=O)[O-])nc1. The van der Waals surface area contributed by atoms with Crippen molar-refractivity contribution in [1.82, 2.24) is 4.98 Å². The van der Waals surface area contributed by atoms with E-state index in [1.807, 2.05) is 0 Å². The second kappa shape index (κ2) is 5.90. The summed E-state index contributed by atoms with van der Waals surface area (Å²) in [6.07, 6.45) is 1.41. The van der Waals surface area contributed by atoms with Crippen LogP contribution in [0.15, 0.2) is 18.3 Å². The van der Waals surface area contributed by atoms with Crippen molar-refractivity contribution in [1.29, 1.82) is 0 Å². The molecule has 17 heavy (non-hydrogen) atoms. The fraction of sp³-hybridized carbons (Fsp3) is 0.400. The van der Waals surface area contributed by atoms with E-state index in [4.69, 9.17) is 4.74 Å². The Hall–Kier alpha value is -2.02. The van der Waals surface area contributed by atoms with Crippen LogP contribution >= 0.6 is 0 Å². The number of hydrogen-bond donors (Lipinski definition) is 0. The van der Waals surface area contributed by atoms with Crippen LogP contribution in [0.2, 0.25) is 0 Å². The van der Waals surface area contributed by atoms with Gasteiger partial charge in [0.15, 0.2) is 0 Å². The van der Waals surface area contributed by atoms with E-state index in [2.05, 4.69) is 4.98 Å². The van der Waals surface area contributed by atoms with Crippen molar-refractivity contribution in [3.63, 3.8) is 0 Å². The van der Waals surface area contributed by atoms with Gasteiger partial charge in [-0.1, -0.05) is 0 Å². The molecule has 0 saturated carbocycles. The highest BCUT2D eigenvalue weighted by atomic mass is 16.6. The highest BCUT2D eigenvalue weighted by Gasteiger charge is 2.16. The quantitative estimate of drug-likeness (QED) is 0.505. The molecule has 0 radical (unpaired) electrons. The molecular formula is C10H11N2O5-. The van der Waals surface area contributed by atoms with Crippen LogP contribution in [0.5, 0.6) is 0 Å². The van der Waals surface area contributed by atoms with Gasteiger partial charge in [0.05, 0.1) is 0 Å². The molecule has 0 saturated heterocycles. The Morgan fingerprint density at radius 2 is 2.29 bits per heavy atom. The van der Waals surface area contributed by atoms with Gasteiger partial charge in [0.2, 0.25) is 0 Å². The lowest BCUT2D eigenvalue weighted by atomic mass is 9.98. The van der Waals surface area contributed by atoms with E-state index in [0.29, 0.717) is 5.56 Å². The summed E-state index contributed by atoms with van der Waals surface area (Å²) in [5, 5.41) is 21.3. The number of pyridine rings is 1. The summed E-state index contributed by atoms with van der Waals surface area (Å²) in [4.78, 5) is 24.2. The lowest BCUT2D eigenvalue weighted by molar-refractivity contribution is -0.389. The third-order valence-corrected chi connectivity index (χ3v) is 2.26. The van der Waals surface area contributed by atoms with Crippen LogP contribution < -0.4 is 5.11 Å². The van der Waals surface area contributed by atoms with E-state index in [-0.39, 0.29) is 18.8 Å². The van der Waals surface area contributed by atoms with Crippen LogP contribution in [0.1, 0.15) is 17.9 Å². The van der Waals surface area contributed by atoms with Gasteiger partial charge in [0.1, 0.15) is 6.20 Å². The number of carboxylic acids is 1. The molecule has 0 bridgehead atoms. The summed E-state index contributed by atoms with van der Waals surface area (Å²) in [5.41, 5.74) is 0.368. The molecule has 0 aliphatic rings. The van der Waals surface area contributed by atoms with Crippen LogP contribution in [0, 0.1) is 10.1 Å². The van der Waals surface area contributed by atoms with Gasteiger partial charge < -0.3 is 24.8 Å². The van der Waals surface area contributed by atoms with Gasteiger partial charge in [-0.25, -0.2) is 0 Å². The molecule has 1 atom stereocenters. The minimum Gasteiger partial charge on any atom is -0.549 e. The zero-order chi connectivity index (χ0) is 12.8. The number of rotatable bonds is 6. The summed E-state index contributed by atoms with van der Waals surface area (Å²) < 4.78 is 4.79. The molecule has 7 nitrogen and oxygen atoms in total. The predicted octanol–water partition coefficient (Wildman–Crippen LogP) is -0.140. The number of carbonyl (C=O) groups is 1.